The average molecular weight is 326 g/mol. The van der Waals surface area contributed by atoms with E-state index in [1.54, 1.807) is 0 Å². The summed E-state index contributed by atoms with van der Waals surface area (Å²) in [4.78, 5) is 16.5. The third kappa shape index (κ3) is 4.52. The quantitative estimate of drug-likeness (QED) is 0.904. The number of rotatable bonds is 2. The summed E-state index contributed by atoms with van der Waals surface area (Å²) < 4.78 is 5.32. The van der Waals surface area contributed by atoms with Crippen LogP contribution in [0, 0.1) is 0 Å². The summed E-state index contributed by atoms with van der Waals surface area (Å²) in [5.74, 6) is 0. The molecule has 1 aliphatic rings. The molecule has 0 spiro atoms. The van der Waals surface area contributed by atoms with E-state index in [4.69, 9.17) is 16.3 Å². The van der Waals surface area contributed by atoms with Crippen LogP contribution >= 0.6 is 11.6 Å². The van der Waals surface area contributed by atoms with Gasteiger partial charge in [0.25, 0.3) is 0 Å². The first-order valence-corrected chi connectivity index (χ1v) is 7.86. The van der Waals surface area contributed by atoms with Crippen LogP contribution in [0.4, 0.5) is 16.2 Å². The van der Waals surface area contributed by atoms with Crippen LogP contribution in [0.2, 0.25) is 5.02 Å². The van der Waals surface area contributed by atoms with Crippen LogP contribution in [0.25, 0.3) is 0 Å². The Kier molecular flexibility index (Phi) is 5.19. The van der Waals surface area contributed by atoms with Gasteiger partial charge in [-0.1, -0.05) is 17.7 Å². The van der Waals surface area contributed by atoms with Crippen molar-refractivity contribution in [3.63, 3.8) is 0 Å². The lowest BCUT2D eigenvalue weighted by molar-refractivity contribution is 0.0636. The number of piperazine rings is 1. The van der Waals surface area contributed by atoms with Gasteiger partial charge in [-0.15, -0.1) is 0 Å². The van der Waals surface area contributed by atoms with Gasteiger partial charge < -0.3 is 14.5 Å². The molecule has 1 heterocycles. The molecule has 1 N–H and O–H groups in total. The first-order chi connectivity index (χ1) is 10.3. The fourth-order valence-electron chi connectivity index (χ4n) is 2.38. The van der Waals surface area contributed by atoms with Gasteiger partial charge in [0.05, 0.1) is 16.4 Å². The number of amides is 1. The molecule has 1 fully saturated rings. The van der Waals surface area contributed by atoms with Crippen LogP contribution in [0.15, 0.2) is 18.2 Å². The van der Waals surface area contributed by atoms with Gasteiger partial charge in [-0.25, -0.2) is 4.79 Å². The van der Waals surface area contributed by atoms with E-state index >= 15 is 0 Å². The molecular weight excluding hydrogens is 302 g/mol. The minimum absolute atomic E-state index is 0.467. The predicted molar refractivity (Wildman–Crippen MR) is 91.0 cm³/mol. The number of carbonyl (C=O) groups excluding carboxylic acids is 1. The molecule has 1 aromatic carbocycles. The fourth-order valence-corrected chi connectivity index (χ4v) is 2.68. The second-order valence-corrected chi connectivity index (χ2v) is 6.96. The van der Waals surface area contributed by atoms with Crippen molar-refractivity contribution >= 4 is 29.1 Å². The fraction of sp³-hybridized carbons (Fsp3) is 0.562. The zero-order valence-electron chi connectivity index (χ0n) is 13.6. The highest BCUT2D eigenvalue weighted by Crippen LogP contribution is 2.34. The molecule has 2 rings (SSSR count). The van der Waals surface area contributed by atoms with E-state index in [-0.39, 0.29) is 0 Å². The topological polar surface area (TPSA) is 44.8 Å². The Morgan fingerprint density at radius 3 is 2.45 bits per heavy atom. The Bertz CT molecular complexity index is 535. The number of hydrogen-bond donors (Lipinski definition) is 1. The molecule has 0 saturated carbocycles. The number of likely N-dealkylation sites (N-methyl/N-ethyl adjacent to an activating group) is 1. The molecule has 6 heteroatoms. The number of nitrogens with one attached hydrogen (secondary N) is 1. The van der Waals surface area contributed by atoms with Crippen molar-refractivity contribution in [3.05, 3.63) is 23.2 Å². The van der Waals surface area contributed by atoms with Gasteiger partial charge in [-0.3, -0.25) is 5.32 Å². The number of ether oxygens (including phenoxy) is 1. The molecule has 0 bridgehead atoms. The van der Waals surface area contributed by atoms with Crippen molar-refractivity contribution in [2.45, 2.75) is 26.4 Å². The summed E-state index contributed by atoms with van der Waals surface area (Å²) in [6.45, 7) is 9.21. The van der Waals surface area contributed by atoms with Crippen molar-refractivity contribution < 1.29 is 9.53 Å². The molecule has 0 aromatic heterocycles. The van der Waals surface area contributed by atoms with E-state index in [2.05, 4.69) is 22.2 Å². The summed E-state index contributed by atoms with van der Waals surface area (Å²) >= 11 is 6.37. The maximum absolute atomic E-state index is 12.0. The minimum Gasteiger partial charge on any atom is -0.444 e. The van der Waals surface area contributed by atoms with E-state index in [0.717, 1.165) is 31.9 Å². The molecule has 0 unspecified atom stereocenters. The van der Waals surface area contributed by atoms with Crippen molar-refractivity contribution in [2.75, 3.05) is 43.4 Å². The maximum Gasteiger partial charge on any atom is 0.412 e. The highest BCUT2D eigenvalue weighted by molar-refractivity contribution is 6.34. The zero-order chi connectivity index (χ0) is 16.3. The van der Waals surface area contributed by atoms with E-state index in [1.165, 1.54) is 0 Å². The van der Waals surface area contributed by atoms with Crippen LogP contribution in [-0.4, -0.2) is 49.8 Å². The average Bonchev–Trinajstić information content (AvgIpc) is 2.38. The molecule has 1 aromatic rings. The molecule has 0 atom stereocenters. The van der Waals surface area contributed by atoms with Gasteiger partial charge in [0.2, 0.25) is 0 Å². The molecule has 122 valence electrons. The smallest absolute Gasteiger partial charge is 0.412 e. The Labute approximate surface area is 137 Å². The second-order valence-electron chi connectivity index (χ2n) is 6.55. The Hall–Kier alpha value is -1.46. The lowest BCUT2D eigenvalue weighted by Crippen LogP contribution is -2.45. The van der Waals surface area contributed by atoms with Gasteiger partial charge in [0, 0.05) is 26.2 Å². The van der Waals surface area contributed by atoms with Gasteiger partial charge >= 0.3 is 6.09 Å². The zero-order valence-corrected chi connectivity index (χ0v) is 14.4. The Balaban J connectivity index is 2.18. The highest BCUT2D eigenvalue weighted by Gasteiger charge is 2.22. The Morgan fingerprint density at radius 2 is 1.86 bits per heavy atom. The highest BCUT2D eigenvalue weighted by atomic mass is 35.5. The van der Waals surface area contributed by atoms with Gasteiger partial charge in [-0.2, -0.15) is 0 Å². The van der Waals surface area contributed by atoms with E-state index in [0.29, 0.717) is 10.7 Å². The van der Waals surface area contributed by atoms with Gasteiger partial charge in [0.1, 0.15) is 5.60 Å². The third-order valence-corrected chi connectivity index (χ3v) is 3.75. The van der Waals surface area contributed by atoms with Crippen molar-refractivity contribution in [2.24, 2.45) is 0 Å². The molecule has 22 heavy (non-hydrogen) atoms. The Morgan fingerprint density at radius 1 is 1.23 bits per heavy atom. The molecule has 1 saturated heterocycles. The predicted octanol–water partition coefficient (Wildman–Crippen LogP) is 3.44. The summed E-state index contributed by atoms with van der Waals surface area (Å²) in [5.41, 5.74) is 1.02. The number of benzene rings is 1. The number of anilines is 2. The first kappa shape index (κ1) is 16.9. The molecule has 0 radical (unpaired) electrons. The molecular formula is C16H24ClN3O2. The van der Waals surface area contributed by atoms with Gasteiger partial charge in [-0.05, 0) is 40.0 Å². The summed E-state index contributed by atoms with van der Waals surface area (Å²) in [5, 5.41) is 3.45. The van der Waals surface area contributed by atoms with E-state index in [1.807, 2.05) is 39.0 Å². The van der Waals surface area contributed by atoms with E-state index in [9.17, 15) is 4.79 Å². The monoisotopic (exact) mass is 325 g/mol. The molecule has 5 nitrogen and oxygen atoms in total. The van der Waals surface area contributed by atoms with Crippen LogP contribution in [0.1, 0.15) is 20.8 Å². The number of carbonyl (C=O) groups is 1. The summed E-state index contributed by atoms with van der Waals surface area (Å²) in [6, 6.07) is 5.52. The van der Waals surface area contributed by atoms with Crippen LogP contribution in [-0.2, 0) is 4.74 Å². The van der Waals surface area contributed by atoms with Crippen LogP contribution < -0.4 is 10.2 Å². The SMILES string of the molecule is CN1CCN(c2c(Cl)cccc2NC(=O)OC(C)(C)C)CC1. The minimum atomic E-state index is -0.531. The third-order valence-electron chi connectivity index (χ3n) is 3.44. The van der Waals surface area contributed by atoms with Crippen LogP contribution in [0.5, 0.6) is 0 Å². The maximum atomic E-state index is 12.0. The first-order valence-electron chi connectivity index (χ1n) is 7.48. The number of hydrogen-bond acceptors (Lipinski definition) is 4. The van der Waals surface area contributed by atoms with Crippen molar-refractivity contribution in [3.8, 4) is 0 Å². The summed E-state index contributed by atoms with van der Waals surface area (Å²) in [7, 11) is 2.10. The van der Waals surface area contributed by atoms with Crippen LogP contribution in [0.3, 0.4) is 0 Å². The number of nitrogens with zero attached hydrogens (tertiary/aromatic N) is 2. The number of para-hydroxylation sites is 1. The van der Waals surface area contributed by atoms with E-state index < -0.39 is 11.7 Å². The molecule has 1 aliphatic heterocycles. The molecule has 1 amide bonds. The number of halogens is 1. The van der Waals surface area contributed by atoms with Crippen molar-refractivity contribution in [1.82, 2.24) is 4.90 Å². The molecule has 0 aliphatic carbocycles. The second kappa shape index (κ2) is 6.75. The van der Waals surface area contributed by atoms with Crippen molar-refractivity contribution in [1.29, 1.82) is 0 Å². The lowest BCUT2D eigenvalue weighted by Gasteiger charge is -2.35. The normalized spacial score (nSPS) is 16.5. The lowest BCUT2D eigenvalue weighted by atomic mass is 10.2. The largest absolute Gasteiger partial charge is 0.444 e. The standard InChI is InChI=1S/C16H24ClN3O2/c1-16(2,3)22-15(21)18-13-7-5-6-12(17)14(13)20-10-8-19(4)9-11-20/h5-7H,8-11H2,1-4H3,(H,18,21). The van der Waals surface area contributed by atoms with Gasteiger partial charge in [0.15, 0.2) is 0 Å². The summed E-state index contributed by atoms with van der Waals surface area (Å²) in [6.07, 6.45) is -0.467.